The summed E-state index contributed by atoms with van der Waals surface area (Å²) in [5, 5.41) is 8.65. The van der Waals surface area contributed by atoms with E-state index >= 15 is 0 Å². The second-order valence-electron chi connectivity index (χ2n) is 3.49. The van der Waals surface area contributed by atoms with Gasteiger partial charge in [-0.1, -0.05) is 0 Å². The minimum absolute atomic E-state index is 0.155. The van der Waals surface area contributed by atoms with Crippen LogP contribution in [0.4, 0.5) is 5.69 Å². The van der Waals surface area contributed by atoms with E-state index in [-0.39, 0.29) is 6.42 Å². The van der Waals surface area contributed by atoms with E-state index in [1.54, 1.807) is 13.0 Å². The van der Waals surface area contributed by atoms with Crippen molar-refractivity contribution in [3.8, 4) is 0 Å². The molecule has 0 aromatic carbocycles. The van der Waals surface area contributed by atoms with Gasteiger partial charge in [0.05, 0.1) is 17.6 Å². The van der Waals surface area contributed by atoms with Crippen LogP contribution in [0.1, 0.15) is 18.9 Å². The second kappa shape index (κ2) is 3.63. The Balaban J connectivity index is 2.97. The Bertz CT molecular complexity index is 350. The van der Waals surface area contributed by atoms with E-state index < -0.39 is 11.5 Å². The van der Waals surface area contributed by atoms with Crippen LogP contribution in [-0.2, 0) is 10.3 Å². The highest BCUT2D eigenvalue weighted by molar-refractivity contribution is 5.68. The fraction of sp³-hybridized carbons (Fsp3) is 0.333. The van der Waals surface area contributed by atoms with Crippen molar-refractivity contribution >= 4 is 11.7 Å². The van der Waals surface area contributed by atoms with Gasteiger partial charge in [-0.15, -0.1) is 0 Å². The van der Waals surface area contributed by atoms with Gasteiger partial charge in [-0.2, -0.15) is 0 Å². The van der Waals surface area contributed by atoms with Gasteiger partial charge in [0, 0.05) is 12.4 Å². The minimum atomic E-state index is -0.947. The molecule has 0 bridgehead atoms. The molecule has 1 heterocycles. The number of anilines is 1. The number of carboxylic acid groups (broad SMARTS) is 1. The zero-order chi connectivity index (χ0) is 10.8. The predicted molar refractivity (Wildman–Crippen MR) is 52.4 cm³/mol. The molecule has 0 radical (unpaired) electrons. The Labute approximate surface area is 81.7 Å². The third-order valence-electron chi connectivity index (χ3n) is 1.94. The maximum absolute atomic E-state index is 10.5. The van der Waals surface area contributed by atoms with E-state index in [1.165, 1.54) is 12.4 Å². The van der Waals surface area contributed by atoms with E-state index in [0.29, 0.717) is 11.3 Å². The Morgan fingerprint density at radius 1 is 1.64 bits per heavy atom. The lowest BCUT2D eigenvalue weighted by Crippen LogP contribution is -2.35. The van der Waals surface area contributed by atoms with Crippen molar-refractivity contribution in [2.24, 2.45) is 5.73 Å². The summed E-state index contributed by atoms with van der Waals surface area (Å²) in [5.41, 5.74) is 11.5. The molecule has 5 heteroatoms. The number of nitrogen functional groups attached to an aromatic ring is 1. The number of aliphatic carboxylic acids is 1. The molecule has 0 saturated carbocycles. The molecular weight excluding hydrogens is 182 g/mol. The van der Waals surface area contributed by atoms with Crippen LogP contribution in [-0.4, -0.2) is 16.1 Å². The molecule has 0 unspecified atom stereocenters. The molecule has 0 fully saturated rings. The molecule has 0 aliphatic rings. The molecule has 1 atom stereocenters. The summed E-state index contributed by atoms with van der Waals surface area (Å²) in [5.74, 6) is -0.947. The Kier molecular flexibility index (Phi) is 2.71. The Morgan fingerprint density at radius 2 is 2.29 bits per heavy atom. The fourth-order valence-corrected chi connectivity index (χ4v) is 1.19. The van der Waals surface area contributed by atoms with Gasteiger partial charge in [0.1, 0.15) is 0 Å². The number of nitrogens with two attached hydrogens (primary N) is 2. The number of pyridine rings is 1. The average molecular weight is 195 g/mol. The predicted octanol–water partition coefficient (Wildman–Crippen LogP) is 0.312. The first-order valence-corrected chi connectivity index (χ1v) is 4.13. The van der Waals surface area contributed by atoms with Crippen molar-refractivity contribution in [1.82, 2.24) is 4.98 Å². The molecule has 5 nitrogen and oxygen atoms in total. The summed E-state index contributed by atoms with van der Waals surface area (Å²) in [6.45, 7) is 1.64. The van der Waals surface area contributed by atoms with Crippen LogP contribution in [0.5, 0.6) is 0 Å². The van der Waals surface area contributed by atoms with Crippen molar-refractivity contribution < 1.29 is 9.90 Å². The van der Waals surface area contributed by atoms with Crippen molar-refractivity contribution in [2.45, 2.75) is 18.9 Å². The largest absolute Gasteiger partial charge is 0.481 e. The number of aromatic nitrogens is 1. The van der Waals surface area contributed by atoms with Crippen molar-refractivity contribution in [2.75, 3.05) is 5.73 Å². The van der Waals surface area contributed by atoms with Crippen molar-refractivity contribution in [3.63, 3.8) is 0 Å². The molecule has 76 valence electrons. The molecule has 5 N–H and O–H groups in total. The Morgan fingerprint density at radius 3 is 2.79 bits per heavy atom. The molecular formula is C9H13N3O2. The molecule has 0 aliphatic carbocycles. The highest BCUT2D eigenvalue weighted by Crippen LogP contribution is 2.22. The zero-order valence-corrected chi connectivity index (χ0v) is 7.90. The van der Waals surface area contributed by atoms with Gasteiger partial charge in [0.25, 0.3) is 0 Å². The molecule has 0 amide bonds. The maximum Gasteiger partial charge on any atom is 0.305 e. The van der Waals surface area contributed by atoms with Crippen LogP contribution in [0.15, 0.2) is 18.5 Å². The number of hydrogen-bond acceptors (Lipinski definition) is 4. The van der Waals surface area contributed by atoms with Crippen LogP contribution in [0.2, 0.25) is 0 Å². The molecule has 1 aromatic rings. The van der Waals surface area contributed by atoms with E-state index in [2.05, 4.69) is 4.98 Å². The molecule has 14 heavy (non-hydrogen) atoms. The summed E-state index contributed by atoms with van der Waals surface area (Å²) in [4.78, 5) is 14.4. The lowest BCUT2D eigenvalue weighted by molar-refractivity contribution is -0.138. The molecule has 0 aliphatic heterocycles. The average Bonchev–Trinajstić information content (AvgIpc) is 2.01. The first kappa shape index (κ1) is 10.5. The smallest absolute Gasteiger partial charge is 0.305 e. The first-order valence-electron chi connectivity index (χ1n) is 4.13. The zero-order valence-electron chi connectivity index (χ0n) is 7.90. The quantitative estimate of drug-likeness (QED) is 0.644. The van der Waals surface area contributed by atoms with Crippen LogP contribution in [0, 0.1) is 0 Å². The van der Waals surface area contributed by atoms with Gasteiger partial charge in [-0.05, 0) is 18.6 Å². The lowest BCUT2D eigenvalue weighted by atomic mass is 9.91. The number of hydrogen-bond donors (Lipinski definition) is 3. The highest BCUT2D eigenvalue weighted by Gasteiger charge is 2.25. The van der Waals surface area contributed by atoms with Crippen molar-refractivity contribution in [1.29, 1.82) is 0 Å². The number of carboxylic acids is 1. The molecule has 0 spiro atoms. The maximum atomic E-state index is 10.5. The standard InChI is InChI=1S/C9H13N3O2/c1-9(11,3-8(13)14)6-2-7(10)5-12-4-6/h2,4-5H,3,10-11H2,1H3,(H,13,14)/t9-/m0/s1. The van der Waals surface area contributed by atoms with Gasteiger partial charge in [0.2, 0.25) is 0 Å². The Hall–Kier alpha value is -1.62. The fourth-order valence-electron chi connectivity index (χ4n) is 1.19. The topological polar surface area (TPSA) is 102 Å². The third-order valence-corrected chi connectivity index (χ3v) is 1.94. The molecule has 1 rings (SSSR count). The summed E-state index contributed by atoms with van der Waals surface area (Å²) in [7, 11) is 0. The van der Waals surface area contributed by atoms with Crippen LogP contribution in [0.3, 0.4) is 0 Å². The minimum Gasteiger partial charge on any atom is -0.481 e. The monoisotopic (exact) mass is 195 g/mol. The van der Waals surface area contributed by atoms with Crippen LogP contribution in [0.25, 0.3) is 0 Å². The van der Waals surface area contributed by atoms with E-state index in [0.717, 1.165) is 0 Å². The summed E-state index contributed by atoms with van der Waals surface area (Å²) in [6.07, 6.45) is 2.86. The molecule has 1 aromatic heterocycles. The number of carbonyl (C=O) groups is 1. The summed E-state index contributed by atoms with van der Waals surface area (Å²) >= 11 is 0. The van der Waals surface area contributed by atoms with Gasteiger partial charge in [-0.3, -0.25) is 9.78 Å². The summed E-state index contributed by atoms with van der Waals surface area (Å²) < 4.78 is 0. The summed E-state index contributed by atoms with van der Waals surface area (Å²) in [6, 6.07) is 1.63. The first-order chi connectivity index (χ1) is 6.42. The van der Waals surface area contributed by atoms with Crippen LogP contribution >= 0.6 is 0 Å². The van der Waals surface area contributed by atoms with Gasteiger partial charge in [-0.25, -0.2) is 0 Å². The van der Waals surface area contributed by atoms with Crippen LogP contribution < -0.4 is 11.5 Å². The van der Waals surface area contributed by atoms with Gasteiger partial charge in [0.15, 0.2) is 0 Å². The van der Waals surface area contributed by atoms with E-state index in [4.69, 9.17) is 16.6 Å². The normalized spacial score (nSPS) is 14.7. The van der Waals surface area contributed by atoms with Gasteiger partial charge >= 0.3 is 5.97 Å². The number of rotatable bonds is 3. The number of nitrogens with zero attached hydrogens (tertiary/aromatic N) is 1. The molecule has 0 saturated heterocycles. The third kappa shape index (κ3) is 2.43. The van der Waals surface area contributed by atoms with Gasteiger partial charge < -0.3 is 16.6 Å². The van der Waals surface area contributed by atoms with E-state index in [9.17, 15) is 4.79 Å². The second-order valence-corrected chi connectivity index (χ2v) is 3.49. The SMILES string of the molecule is C[C@](N)(CC(=O)O)c1cncc(N)c1. The lowest BCUT2D eigenvalue weighted by Gasteiger charge is -2.22. The van der Waals surface area contributed by atoms with Crippen molar-refractivity contribution in [3.05, 3.63) is 24.0 Å². The van der Waals surface area contributed by atoms with E-state index in [1.807, 2.05) is 0 Å². The highest BCUT2D eigenvalue weighted by atomic mass is 16.4.